The van der Waals surface area contributed by atoms with Gasteiger partial charge < -0.3 is 16.2 Å². The monoisotopic (exact) mass is 296 g/mol. The number of halogens is 1. The van der Waals surface area contributed by atoms with E-state index >= 15 is 0 Å². The molecule has 1 fully saturated rings. The van der Waals surface area contributed by atoms with Gasteiger partial charge in [-0.15, -0.1) is 0 Å². The number of hydrogen-bond donors (Lipinski definition) is 3. The lowest BCUT2D eigenvalue weighted by atomic mass is 9.86. The van der Waals surface area contributed by atoms with Crippen LogP contribution in [0.15, 0.2) is 18.2 Å². The van der Waals surface area contributed by atoms with Crippen molar-refractivity contribution in [1.29, 1.82) is 0 Å². The number of nitrogens with one attached hydrogen (secondary N) is 1. The molecule has 1 saturated carbocycles. The summed E-state index contributed by atoms with van der Waals surface area (Å²) in [5, 5.41) is 12.6. The van der Waals surface area contributed by atoms with E-state index in [0.29, 0.717) is 23.4 Å². The Labute approximate surface area is 122 Å². The van der Waals surface area contributed by atoms with Crippen LogP contribution in [0.3, 0.4) is 0 Å². The highest BCUT2D eigenvalue weighted by molar-refractivity contribution is 6.34. The van der Waals surface area contributed by atoms with Gasteiger partial charge in [-0.3, -0.25) is 9.59 Å². The molecule has 0 heterocycles. The molecule has 0 radical (unpaired) electrons. The zero-order valence-corrected chi connectivity index (χ0v) is 11.7. The molecule has 4 N–H and O–H groups in total. The van der Waals surface area contributed by atoms with E-state index in [4.69, 9.17) is 22.4 Å². The second-order valence-corrected chi connectivity index (χ2v) is 5.50. The fourth-order valence-electron chi connectivity index (χ4n) is 2.53. The molecule has 20 heavy (non-hydrogen) atoms. The lowest BCUT2D eigenvalue weighted by molar-refractivity contribution is -0.142. The Morgan fingerprint density at radius 1 is 1.25 bits per heavy atom. The molecule has 0 saturated heterocycles. The van der Waals surface area contributed by atoms with Crippen LogP contribution in [0.1, 0.15) is 36.0 Å². The third-order valence-corrected chi connectivity index (χ3v) is 3.99. The molecule has 6 heteroatoms. The van der Waals surface area contributed by atoms with Gasteiger partial charge in [0.15, 0.2) is 0 Å². The summed E-state index contributed by atoms with van der Waals surface area (Å²) in [6.07, 6.45) is 2.98. The number of carboxylic acid groups (broad SMARTS) is 1. The minimum absolute atomic E-state index is 0.228. The molecule has 1 aliphatic rings. The minimum atomic E-state index is -0.711. The van der Waals surface area contributed by atoms with Crippen LogP contribution >= 0.6 is 11.6 Å². The predicted molar refractivity (Wildman–Crippen MR) is 77.0 cm³/mol. The van der Waals surface area contributed by atoms with Crippen molar-refractivity contribution in [3.05, 3.63) is 28.8 Å². The van der Waals surface area contributed by atoms with Crippen molar-refractivity contribution in [2.45, 2.75) is 31.7 Å². The fourth-order valence-corrected chi connectivity index (χ4v) is 2.80. The summed E-state index contributed by atoms with van der Waals surface area (Å²) in [5.74, 6) is -1.49. The van der Waals surface area contributed by atoms with E-state index in [-0.39, 0.29) is 12.0 Å². The Bertz CT molecular complexity index is 525. The number of nitrogens with two attached hydrogens (primary N) is 1. The number of aliphatic carboxylic acids is 1. The number of hydrogen-bond acceptors (Lipinski definition) is 3. The van der Waals surface area contributed by atoms with E-state index in [2.05, 4.69) is 5.32 Å². The van der Waals surface area contributed by atoms with E-state index < -0.39 is 11.9 Å². The van der Waals surface area contributed by atoms with Gasteiger partial charge in [-0.1, -0.05) is 11.6 Å². The first-order chi connectivity index (χ1) is 9.47. The zero-order valence-electron chi connectivity index (χ0n) is 10.9. The molecular formula is C14H17ClN2O3. The van der Waals surface area contributed by atoms with E-state index in [1.54, 1.807) is 18.2 Å². The van der Waals surface area contributed by atoms with Crippen LogP contribution in [0.2, 0.25) is 5.02 Å². The summed E-state index contributed by atoms with van der Waals surface area (Å²) in [5.41, 5.74) is 6.31. The second kappa shape index (κ2) is 6.13. The largest absolute Gasteiger partial charge is 0.481 e. The number of carbonyl (C=O) groups excluding carboxylic acids is 1. The number of carbonyl (C=O) groups is 2. The molecule has 2 rings (SSSR count). The molecule has 108 valence electrons. The highest BCUT2D eigenvalue weighted by Gasteiger charge is 2.25. The van der Waals surface area contributed by atoms with Crippen molar-refractivity contribution in [1.82, 2.24) is 0 Å². The Morgan fingerprint density at radius 2 is 1.90 bits per heavy atom. The third kappa shape index (κ3) is 3.42. The molecular weight excluding hydrogens is 280 g/mol. The minimum Gasteiger partial charge on any atom is -0.481 e. The number of rotatable bonds is 4. The number of benzene rings is 1. The van der Waals surface area contributed by atoms with Gasteiger partial charge in [0.25, 0.3) is 0 Å². The number of amides is 1. The van der Waals surface area contributed by atoms with Crippen LogP contribution in [0.5, 0.6) is 0 Å². The molecule has 0 bridgehead atoms. The van der Waals surface area contributed by atoms with Gasteiger partial charge in [0.05, 0.1) is 16.5 Å². The Morgan fingerprint density at radius 3 is 2.40 bits per heavy atom. The Kier molecular flexibility index (Phi) is 4.49. The van der Waals surface area contributed by atoms with Gasteiger partial charge in [-0.25, -0.2) is 0 Å². The first kappa shape index (κ1) is 14.7. The number of carboxylic acids is 1. The van der Waals surface area contributed by atoms with Gasteiger partial charge in [0.2, 0.25) is 5.91 Å². The lowest BCUT2D eigenvalue weighted by Gasteiger charge is -2.27. The quantitative estimate of drug-likeness (QED) is 0.796. The van der Waals surface area contributed by atoms with Crippen LogP contribution < -0.4 is 11.1 Å². The summed E-state index contributed by atoms with van der Waals surface area (Å²) in [6.45, 7) is 0. The Hall–Kier alpha value is -1.75. The van der Waals surface area contributed by atoms with Crippen LogP contribution in [0, 0.1) is 5.92 Å². The Balaban J connectivity index is 1.96. The van der Waals surface area contributed by atoms with Crippen LogP contribution in [0.4, 0.5) is 5.69 Å². The zero-order chi connectivity index (χ0) is 14.7. The van der Waals surface area contributed by atoms with Gasteiger partial charge in [-0.05, 0) is 43.9 Å². The van der Waals surface area contributed by atoms with E-state index in [0.717, 1.165) is 18.5 Å². The van der Waals surface area contributed by atoms with E-state index in [1.807, 2.05) is 0 Å². The summed E-state index contributed by atoms with van der Waals surface area (Å²) >= 11 is 5.99. The first-order valence-corrected chi connectivity index (χ1v) is 6.94. The number of primary amides is 1. The third-order valence-electron chi connectivity index (χ3n) is 3.68. The fraction of sp³-hybridized carbons (Fsp3) is 0.429. The average molecular weight is 297 g/mol. The standard InChI is InChI=1S/C14H17ClN2O3/c15-12-7-10(5-6-11(12)13(16)18)17-9-3-1-8(2-4-9)14(19)20/h5-9,17H,1-4H2,(H2,16,18)(H,19,20). The molecule has 1 amide bonds. The van der Waals surface area contributed by atoms with Crippen molar-refractivity contribution < 1.29 is 14.7 Å². The van der Waals surface area contributed by atoms with Crippen molar-refractivity contribution in [2.75, 3.05) is 5.32 Å². The molecule has 1 aromatic carbocycles. The summed E-state index contributed by atoms with van der Waals surface area (Å²) < 4.78 is 0. The van der Waals surface area contributed by atoms with Gasteiger partial charge >= 0.3 is 5.97 Å². The first-order valence-electron chi connectivity index (χ1n) is 6.56. The normalized spacial score (nSPS) is 22.2. The highest BCUT2D eigenvalue weighted by atomic mass is 35.5. The number of anilines is 1. The van der Waals surface area contributed by atoms with Gasteiger partial charge in [0.1, 0.15) is 0 Å². The SMILES string of the molecule is NC(=O)c1ccc(NC2CCC(C(=O)O)CC2)cc1Cl. The maximum Gasteiger partial charge on any atom is 0.306 e. The molecule has 0 unspecified atom stereocenters. The highest BCUT2D eigenvalue weighted by Crippen LogP contribution is 2.28. The summed E-state index contributed by atoms with van der Waals surface area (Å²) in [7, 11) is 0. The van der Waals surface area contributed by atoms with Crippen molar-refractivity contribution in [3.63, 3.8) is 0 Å². The average Bonchev–Trinajstić information content (AvgIpc) is 2.39. The van der Waals surface area contributed by atoms with Crippen molar-refractivity contribution in [3.8, 4) is 0 Å². The summed E-state index contributed by atoms with van der Waals surface area (Å²) in [6, 6.07) is 5.26. The summed E-state index contributed by atoms with van der Waals surface area (Å²) in [4.78, 5) is 22.0. The molecule has 0 atom stereocenters. The maximum absolute atomic E-state index is 11.1. The van der Waals surface area contributed by atoms with Crippen LogP contribution in [-0.4, -0.2) is 23.0 Å². The van der Waals surface area contributed by atoms with E-state index in [1.165, 1.54) is 0 Å². The molecule has 0 aromatic heterocycles. The smallest absolute Gasteiger partial charge is 0.306 e. The molecule has 1 aliphatic carbocycles. The van der Waals surface area contributed by atoms with Crippen LogP contribution in [0.25, 0.3) is 0 Å². The molecule has 0 aliphatic heterocycles. The van der Waals surface area contributed by atoms with Crippen LogP contribution in [-0.2, 0) is 4.79 Å². The van der Waals surface area contributed by atoms with Gasteiger partial charge in [-0.2, -0.15) is 0 Å². The molecule has 0 spiro atoms. The van der Waals surface area contributed by atoms with Crippen molar-refractivity contribution >= 4 is 29.2 Å². The van der Waals surface area contributed by atoms with Crippen molar-refractivity contribution in [2.24, 2.45) is 11.7 Å². The maximum atomic E-state index is 11.1. The second-order valence-electron chi connectivity index (χ2n) is 5.09. The van der Waals surface area contributed by atoms with E-state index in [9.17, 15) is 9.59 Å². The predicted octanol–water partition coefficient (Wildman–Crippen LogP) is 2.49. The molecule has 1 aromatic rings. The molecule has 5 nitrogen and oxygen atoms in total. The lowest BCUT2D eigenvalue weighted by Crippen LogP contribution is -2.29. The topological polar surface area (TPSA) is 92.4 Å². The van der Waals surface area contributed by atoms with Gasteiger partial charge in [0, 0.05) is 11.7 Å².